The van der Waals surface area contributed by atoms with E-state index in [1.807, 2.05) is 45.0 Å². The van der Waals surface area contributed by atoms with Crippen LogP contribution in [0.2, 0.25) is 5.02 Å². The standard InChI is InChI=1S/C26H24ClFN2O2/c1-16-6-4-7-17(12-16)14-29-24(31)18-10-11-20-23(13-18)30(25(32)26(20,2)3)15-19-21(27)8-5-9-22(19)28/h4-13H,14-15H2,1-3H3,(H,29,31). The van der Waals surface area contributed by atoms with Crippen LogP contribution in [0.3, 0.4) is 0 Å². The zero-order valence-corrected chi connectivity index (χ0v) is 19.0. The molecule has 0 atom stereocenters. The molecule has 3 aromatic carbocycles. The van der Waals surface area contributed by atoms with E-state index in [1.54, 1.807) is 24.3 Å². The summed E-state index contributed by atoms with van der Waals surface area (Å²) in [5.41, 5.74) is 3.42. The average molecular weight is 451 g/mol. The third-order valence-electron chi connectivity index (χ3n) is 5.92. The maximum absolute atomic E-state index is 14.4. The molecule has 1 N–H and O–H groups in total. The molecule has 0 aliphatic carbocycles. The molecule has 3 aromatic rings. The molecular formula is C26H24ClFN2O2. The molecule has 0 spiro atoms. The maximum Gasteiger partial charge on any atom is 0.251 e. The van der Waals surface area contributed by atoms with Gasteiger partial charge in [-0.2, -0.15) is 0 Å². The summed E-state index contributed by atoms with van der Waals surface area (Å²) < 4.78 is 14.4. The highest BCUT2D eigenvalue weighted by Gasteiger charge is 2.44. The van der Waals surface area contributed by atoms with Gasteiger partial charge in [0, 0.05) is 28.4 Å². The number of halogens is 2. The number of anilines is 1. The van der Waals surface area contributed by atoms with Gasteiger partial charge in [0.2, 0.25) is 5.91 Å². The topological polar surface area (TPSA) is 49.4 Å². The van der Waals surface area contributed by atoms with Gasteiger partial charge in [-0.05, 0) is 56.2 Å². The third-order valence-corrected chi connectivity index (χ3v) is 6.27. The molecule has 164 valence electrons. The molecule has 0 bridgehead atoms. The summed E-state index contributed by atoms with van der Waals surface area (Å²) >= 11 is 6.20. The van der Waals surface area contributed by atoms with Gasteiger partial charge in [-0.1, -0.05) is 53.6 Å². The molecule has 0 saturated heterocycles. The van der Waals surface area contributed by atoms with Crippen molar-refractivity contribution in [1.82, 2.24) is 5.32 Å². The summed E-state index contributed by atoms with van der Waals surface area (Å²) in [4.78, 5) is 27.5. The zero-order valence-electron chi connectivity index (χ0n) is 18.2. The van der Waals surface area contributed by atoms with E-state index >= 15 is 0 Å². The van der Waals surface area contributed by atoms with Gasteiger partial charge >= 0.3 is 0 Å². The molecule has 0 aromatic heterocycles. The zero-order chi connectivity index (χ0) is 23.0. The average Bonchev–Trinajstić information content (AvgIpc) is 2.94. The van der Waals surface area contributed by atoms with Crippen LogP contribution in [0, 0.1) is 12.7 Å². The number of aryl methyl sites for hydroxylation is 1. The van der Waals surface area contributed by atoms with Gasteiger partial charge in [-0.3, -0.25) is 9.59 Å². The molecule has 0 radical (unpaired) electrons. The Kier molecular flexibility index (Phi) is 5.78. The summed E-state index contributed by atoms with van der Waals surface area (Å²) in [6.45, 7) is 6.05. The van der Waals surface area contributed by atoms with Crippen molar-refractivity contribution in [3.05, 3.63) is 99.3 Å². The molecule has 4 rings (SSSR count). The quantitative estimate of drug-likeness (QED) is 0.554. The van der Waals surface area contributed by atoms with Gasteiger partial charge < -0.3 is 10.2 Å². The van der Waals surface area contributed by atoms with E-state index in [1.165, 1.54) is 17.0 Å². The van der Waals surface area contributed by atoms with Crippen molar-refractivity contribution in [3.8, 4) is 0 Å². The Labute approximate surface area is 192 Å². The predicted molar refractivity (Wildman–Crippen MR) is 124 cm³/mol. The number of rotatable bonds is 5. The number of benzene rings is 3. The van der Waals surface area contributed by atoms with Crippen LogP contribution in [0.1, 0.15) is 46.5 Å². The first-order chi connectivity index (χ1) is 15.2. The first-order valence-electron chi connectivity index (χ1n) is 10.4. The van der Waals surface area contributed by atoms with Crippen molar-refractivity contribution >= 4 is 29.1 Å². The van der Waals surface area contributed by atoms with E-state index in [9.17, 15) is 14.0 Å². The number of carbonyl (C=O) groups excluding carboxylic acids is 2. The lowest BCUT2D eigenvalue weighted by atomic mass is 9.86. The fourth-order valence-corrected chi connectivity index (χ4v) is 4.31. The molecular weight excluding hydrogens is 427 g/mol. The summed E-state index contributed by atoms with van der Waals surface area (Å²) in [6, 6.07) is 17.6. The van der Waals surface area contributed by atoms with E-state index in [0.717, 1.165) is 16.7 Å². The number of fused-ring (bicyclic) bond motifs is 1. The first kappa shape index (κ1) is 22.0. The summed E-state index contributed by atoms with van der Waals surface area (Å²) in [6.07, 6.45) is 0. The van der Waals surface area contributed by atoms with Crippen molar-refractivity contribution in [3.63, 3.8) is 0 Å². The fourth-order valence-electron chi connectivity index (χ4n) is 4.09. The van der Waals surface area contributed by atoms with Crippen LogP contribution in [-0.2, 0) is 23.3 Å². The minimum Gasteiger partial charge on any atom is -0.348 e. The molecule has 32 heavy (non-hydrogen) atoms. The fraction of sp³-hybridized carbons (Fsp3) is 0.231. The van der Waals surface area contributed by atoms with Crippen LogP contribution in [-0.4, -0.2) is 11.8 Å². The van der Waals surface area contributed by atoms with Gasteiger partial charge in [0.1, 0.15) is 5.82 Å². The predicted octanol–water partition coefficient (Wildman–Crippen LogP) is 5.54. The monoisotopic (exact) mass is 450 g/mol. The van der Waals surface area contributed by atoms with Crippen LogP contribution in [0.25, 0.3) is 0 Å². The van der Waals surface area contributed by atoms with E-state index in [-0.39, 0.29) is 28.9 Å². The Hall–Kier alpha value is -3.18. The smallest absolute Gasteiger partial charge is 0.251 e. The van der Waals surface area contributed by atoms with Crippen molar-refractivity contribution in [2.75, 3.05) is 4.90 Å². The maximum atomic E-state index is 14.4. The Balaban J connectivity index is 1.63. The second-order valence-electron chi connectivity index (χ2n) is 8.62. The van der Waals surface area contributed by atoms with E-state index in [2.05, 4.69) is 5.32 Å². The number of nitrogens with zero attached hydrogens (tertiary/aromatic N) is 1. The van der Waals surface area contributed by atoms with Gasteiger partial charge in [0.15, 0.2) is 0 Å². The number of hydrogen-bond acceptors (Lipinski definition) is 2. The van der Waals surface area contributed by atoms with Gasteiger partial charge in [-0.15, -0.1) is 0 Å². The molecule has 1 aliphatic rings. The van der Waals surface area contributed by atoms with Gasteiger partial charge in [0.05, 0.1) is 12.0 Å². The molecule has 0 unspecified atom stereocenters. The Morgan fingerprint density at radius 3 is 2.56 bits per heavy atom. The largest absolute Gasteiger partial charge is 0.348 e. The molecule has 2 amide bonds. The Bertz CT molecular complexity index is 1200. The highest BCUT2D eigenvalue weighted by Crippen LogP contribution is 2.43. The summed E-state index contributed by atoms with van der Waals surface area (Å²) in [5.74, 6) is -0.872. The highest BCUT2D eigenvalue weighted by atomic mass is 35.5. The first-order valence-corrected chi connectivity index (χ1v) is 10.8. The van der Waals surface area contributed by atoms with Crippen LogP contribution < -0.4 is 10.2 Å². The lowest BCUT2D eigenvalue weighted by molar-refractivity contribution is -0.122. The van der Waals surface area contributed by atoms with Crippen LogP contribution in [0.5, 0.6) is 0 Å². The molecule has 0 saturated carbocycles. The molecule has 4 nitrogen and oxygen atoms in total. The van der Waals surface area contributed by atoms with Crippen molar-refractivity contribution in [2.45, 2.75) is 39.3 Å². The second-order valence-corrected chi connectivity index (χ2v) is 9.03. The number of amides is 2. The number of carbonyl (C=O) groups is 2. The van der Waals surface area contributed by atoms with Crippen molar-refractivity contribution in [1.29, 1.82) is 0 Å². The highest BCUT2D eigenvalue weighted by molar-refractivity contribution is 6.31. The summed E-state index contributed by atoms with van der Waals surface area (Å²) in [7, 11) is 0. The van der Waals surface area contributed by atoms with Gasteiger partial charge in [-0.25, -0.2) is 4.39 Å². The van der Waals surface area contributed by atoms with Crippen molar-refractivity contribution < 1.29 is 14.0 Å². The SMILES string of the molecule is Cc1cccc(CNC(=O)c2ccc3c(c2)N(Cc2c(F)cccc2Cl)C(=O)C3(C)C)c1. The van der Waals surface area contributed by atoms with Crippen LogP contribution in [0.4, 0.5) is 10.1 Å². The molecule has 1 heterocycles. The van der Waals surface area contributed by atoms with Gasteiger partial charge in [0.25, 0.3) is 5.91 Å². The van der Waals surface area contributed by atoms with E-state index < -0.39 is 11.2 Å². The summed E-state index contributed by atoms with van der Waals surface area (Å²) in [5, 5.41) is 3.19. The molecule has 6 heteroatoms. The Morgan fingerprint density at radius 2 is 1.84 bits per heavy atom. The minimum atomic E-state index is -0.788. The van der Waals surface area contributed by atoms with E-state index in [0.29, 0.717) is 17.8 Å². The lowest BCUT2D eigenvalue weighted by Gasteiger charge is -2.21. The van der Waals surface area contributed by atoms with E-state index in [4.69, 9.17) is 11.6 Å². The van der Waals surface area contributed by atoms with Crippen LogP contribution in [0.15, 0.2) is 60.7 Å². The molecule has 0 fully saturated rings. The second kappa shape index (κ2) is 8.40. The third kappa shape index (κ3) is 4.00. The van der Waals surface area contributed by atoms with Crippen LogP contribution >= 0.6 is 11.6 Å². The molecule has 1 aliphatic heterocycles. The lowest BCUT2D eigenvalue weighted by Crippen LogP contribution is -2.36. The Morgan fingerprint density at radius 1 is 1.09 bits per heavy atom. The number of hydrogen-bond donors (Lipinski definition) is 1. The number of nitrogens with one attached hydrogen (secondary N) is 1. The van der Waals surface area contributed by atoms with Crippen molar-refractivity contribution in [2.24, 2.45) is 0 Å². The normalized spacial score (nSPS) is 14.4. The minimum absolute atomic E-state index is 0.00483.